The Morgan fingerprint density at radius 3 is 2.68 bits per heavy atom. The lowest BCUT2D eigenvalue weighted by molar-refractivity contribution is 0.122. The molecule has 0 atom stereocenters. The Morgan fingerprint density at radius 2 is 2.00 bits per heavy atom. The van der Waals surface area contributed by atoms with Gasteiger partial charge in [-0.05, 0) is 32.9 Å². The van der Waals surface area contributed by atoms with E-state index < -0.39 is 0 Å². The maximum Gasteiger partial charge on any atom is 0.128 e. The van der Waals surface area contributed by atoms with Crippen molar-refractivity contribution in [3.63, 3.8) is 0 Å². The maximum atomic E-state index is 5.37. The average Bonchev–Trinajstić information content (AvgIpc) is 2.39. The molecule has 0 saturated carbocycles. The molecule has 1 fully saturated rings. The van der Waals surface area contributed by atoms with Gasteiger partial charge in [-0.15, -0.1) is 0 Å². The van der Waals surface area contributed by atoms with Gasteiger partial charge in [-0.25, -0.2) is 4.98 Å². The van der Waals surface area contributed by atoms with E-state index >= 15 is 0 Å². The molecule has 1 aliphatic rings. The molecular weight excluding hydrogens is 238 g/mol. The van der Waals surface area contributed by atoms with E-state index in [0.717, 1.165) is 50.8 Å². The third-order valence-electron chi connectivity index (χ3n) is 3.16. The van der Waals surface area contributed by atoms with E-state index in [0.29, 0.717) is 0 Å². The molecular formula is C15H25N3O. The van der Waals surface area contributed by atoms with Crippen LogP contribution in [0.1, 0.15) is 26.5 Å². The molecule has 1 aliphatic heterocycles. The first-order valence-electron chi connectivity index (χ1n) is 7.08. The average molecular weight is 263 g/mol. The normalized spacial score (nSPS) is 16.7. The van der Waals surface area contributed by atoms with Crippen molar-refractivity contribution >= 4 is 5.82 Å². The predicted molar refractivity (Wildman–Crippen MR) is 78.7 cm³/mol. The van der Waals surface area contributed by atoms with Crippen LogP contribution in [0.5, 0.6) is 0 Å². The van der Waals surface area contributed by atoms with Crippen molar-refractivity contribution in [1.29, 1.82) is 0 Å². The minimum absolute atomic E-state index is 0.168. The van der Waals surface area contributed by atoms with Gasteiger partial charge in [0.05, 0.1) is 13.2 Å². The van der Waals surface area contributed by atoms with Gasteiger partial charge in [0.1, 0.15) is 5.82 Å². The Bertz CT molecular complexity index is 395. The summed E-state index contributed by atoms with van der Waals surface area (Å²) in [7, 11) is 0. The van der Waals surface area contributed by atoms with E-state index in [1.165, 1.54) is 0 Å². The van der Waals surface area contributed by atoms with Crippen LogP contribution in [-0.2, 0) is 11.2 Å². The summed E-state index contributed by atoms with van der Waals surface area (Å²) in [6.45, 7) is 11.0. The summed E-state index contributed by atoms with van der Waals surface area (Å²) in [6.07, 6.45) is 0.968. The fourth-order valence-corrected chi connectivity index (χ4v) is 2.14. The fourth-order valence-electron chi connectivity index (χ4n) is 2.14. The van der Waals surface area contributed by atoms with Crippen LogP contribution >= 0.6 is 0 Å². The SMILES string of the molecule is CC(C)(C)NCCc1cccc(N2CCOCC2)n1. The van der Waals surface area contributed by atoms with Crippen LogP contribution in [0.4, 0.5) is 5.82 Å². The van der Waals surface area contributed by atoms with E-state index in [9.17, 15) is 0 Å². The number of morpholine rings is 1. The number of pyridine rings is 1. The van der Waals surface area contributed by atoms with Gasteiger partial charge in [0.2, 0.25) is 0 Å². The molecule has 1 aromatic rings. The second kappa shape index (κ2) is 6.35. The molecule has 2 rings (SSSR count). The summed E-state index contributed by atoms with van der Waals surface area (Å²) < 4.78 is 5.37. The zero-order valence-electron chi connectivity index (χ0n) is 12.3. The number of anilines is 1. The van der Waals surface area contributed by atoms with E-state index in [1.54, 1.807) is 0 Å². The number of hydrogen-bond acceptors (Lipinski definition) is 4. The number of nitrogens with zero attached hydrogens (tertiary/aromatic N) is 2. The third kappa shape index (κ3) is 4.80. The van der Waals surface area contributed by atoms with Crippen molar-refractivity contribution < 1.29 is 4.74 Å². The largest absolute Gasteiger partial charge is 0.378 e. The Hall–Kier alpha value is -1.13. The van der Waals surface area contributed by atoms with Gasteiger partial charge in [0.15, 0.2) is 0 Å². The third-order valence-corrected chi connectivity index (χ3v) is 3.16. The monoisotopic (exact) mass is 263 g/mol. The highest BCUT2D eigenvalue weighted by Gasteiger charge is 2.13. The van der Waals surface area contributed by atoms with Crippen molar-refractivity contribution in [2.75, 3.05) is 37.7 Å². The summed E-state index contributed by atoms with van der Waals surface area (Å²) in [5.74, 6) is 1.08. The van der Waals surface area contributed by atoms with Crippen LogP contribution in [0.15, 0.2) is 18.2 Å². The van der Waals surface area contributed by atoms with Crippen molar-refractivity contribution in [1.82, 2.24) is 10.3 Å². The van der Waals surface area contributed by atoms with Gasteiger partial charge in [-0.2, -0.15) is 0 Å². The van der Waals surface area contributed by atoms with E-state index in [1.807, 2.05) is 0 Å². The van der Waals surface area contributed by atoms with Crippen LogP contribution in [0.3, 0.4) is 0 Å². The molecule has 1 saturated heterocycles. The Kier molecular flexibility index (Phi) is 4.77. The summed E-state index contributed by atoms with van der Waals surface area (Å²) >= 11 is 0. The van der Waals surface area contributed by atoms with E-state index in [4.69, 9.17) is 9.72 Å². The zero-order chi connectivity index (χ0) is 13.7. The Morgan fingerprint density at radius 1 is 1.26 bits per heavy atom. The molecule has 0 unspecified atom stereocenters. The highest BCUT2D eigenvalue weighted by Crippen LogP contribution is 2.13. The first-order chi connectivity index (χ1) is 9.04. The van der Waals surface area contributed by atoms with Crippen molar-refractivity contribution in [3.05, 3.63) is 23.9 Å². The van der Waals surface area contributed by atoms with Gasteiger partial charge in [0.25, 0.3) is 0 Å². The lowest BCUT2D eigenvalue weighted by atomic mass is 10.1. The van der Waals surface area contributed by atoms with Crippen LogP contribution in [0.25, 0.3) is 0 Å². The van der Waals surface area contributed by atoms with Crippen LogP contribution in [-0.4, -0.2) is 43.4 Å². The van der Waals surface area contributed by atoms with Gasteiger partial charge in [-0.3, -0.25) is 0 Å². The lowest BCUT2D eigenvalue weighted by Crippen LogP contribution is -2.37. The van der Waals surface area contributed by atoms with Crippen molar-refractivity contribution in [2.45, 2.75) is 32.7 Å². The highest BCUT2D eigenvalue weighted by molar-refractivity contribution is 5.39. The van der Waals surface area contributed by atoms with Crippen LogP contribution < -0.4 is 10.2 Å². The summed E-state index contributed by atoms with van der Waals surface area (Å²) in [5, 5.41) is 3.50. The highest BCUT2D eigenvalue weighted by atomic mass is 16.5. The Labute approximate surface area is 116 Å². The quantitative estimate of drug-likeness (QED) is 0.899. The number of rotatable bonds is 4. The second-order valence-electron chi connectivity index (χ2n) is 6.01. The molecule has 4 nitrogen and oxygen atoms in total. The number of hydrogen-bond donors (Lipinski definition) is 1. The minimum Gasteiger partial charge on any atom is -0.378 e. The molecule has 2 heterocycles. The molecule has 4 heteroatoms. The van der Waals surface area contributed by atoms with Gasteiger partial charge < -0.3 is 15.0 Å². The van der Waals surface area contributed by atoms with Crippen LogP contribution in [0, 0.1) is 0 Å². The van der Waals surface area contributed by atoms with Crippen LogP contribution in [0.2, 0.25) is 0 Å². The Balaban J connectivity index is 1.91. The second-order valence-corrected chi connectivity index (χ2v) is 6.01. The smallest absolute Gasteiger partial charge is 0.128 e. The van der Waals surface area contributed by atoms with Gasteiger partial charge in [0, 0.05) is 37.3 Å². The molecule has 0 amide bonds. The van der Waals surface area contributed by atoms with Gasteiger partial charge in [-0.1, -0.05) is 6.07 Å². The molecule has 1 aromatic heterocycles. The van der Waals surface area contributed by atoms with E-state index in [-0.39, 0.29) is 5.54 Å². The topological polar surface area (TPSA) is 37.4 Å². The summed E-state index contributed by atoms with van der Waals surface area (Å²) in [6, 6.07) is 6.30. The predicted octanol–water partition coefficient (Wildman–Crippen LogP) is 1.85. The first kappa shape index (κ1) is 14.3. The van der Waals surface area contributed by atoms with Gasteiger partial charge >= 0.3 is 0 Å². The molecule has 0 spiro atoms. The molecule has 0 aromatic carbocycles. The molecule has 1 N–H and O–H groups in total. The molecule has 0 bridgehead atoms. The maximum absolute atomic E-state index is 5.37. The molecule has 19 heavy (non-hydrogen) atoms. The number of aromatic nitrogens is 1. The van der Waals surface area contributed by atoms with Crippen molar-refractivity contribution in [2.24, 2.45) is 0 Å². The minimum atomic E-state index is 0.168. The molecule has 0 radical (unpaired) electrons. The molecule has 0 aliphatic carbocycles. The zero-order valence-corrected chi connectivity index (χ0v) is 12.3. The standard InChI is InChI=1S/C15H25N3O/c1-15(2,3)16-8-7-13-5-4-6-14(17-13)18-9-11-19-12-10-18/h4-6,16H,7-12H2,1-3H3. The summed E-state index contributed by atoms with van der Waals surface area (Å²) in [4.78, 5) is 7.04. The summed E-state index contributed by atoms with van der Waals surface area (Å²) in [5.41, 5.74) is 1.32. The number of nitrogens with one attached hydrogen (secondary N) is 1. The van der Waals surface area contributed by atoms with Crippen molar-refractivity contribution in [3.8, 4) is 0 Å². The number of ether oxygens (including phenoxy) is 1. The van der Waals surface area contributed by atoms with E-state index in [2.05, 4.69) is 49.2 Å². The first-order valence-corrected chi connectivity index (χ1v) is 7.08. The molecule has 106 valence electrons. The lowest BCUT2D eigenvalue weighted by Gasteiger charge is -2.28. The fraction of sp³-hybridized carbons (Fsp3) is 0.667.